The number of thioether (sulfide) groups is 1. The molecule has 3 rings (SSSR count). The van der Waals surface area contributed by atoms with Gasteiger partial charge < -0.3 is 5.32 Å². The number of pyridine rings is 2. The average Bonchev–Trinajstić information content (AvgIpc) is 2.63. The van der Waals surface area contributed by atoms with Crippen molar-refractivity contribution in [1.29, 1.82) is 5.26 Å². The van der Waals surface area contributed by atoms with Gasteiger partial charge in [0, 0.05) is 11.9 Å². The quantitative estimate of drug-likeness (QED) is 0.823. The fourth-order valence-electron chi connectivity index (χ4n) is 3.04. The minimum absolute atomic E-state index is 0.125. The van der Waals surface area contributed by atoms with E-state index in [0.29, 0.717) is 16.3 Å². The SMILES string of the molecule is CC(Sc1nc2c(cc1C#N)CCCCCC2)C(=O)Nc1cccnc1. The molecule has 1 amide bonds. The van der Waals surface area contributed by atoms with Crippen LogP contribution in [0, 0.1) is 11.3 Å². The van der Waals surface area contributed by atoms with Crippen molar-refractivity contribution in [1.82, 2.24) is 9.97 Å². The van der Waals surface area contributed by atoms with E-state index in [0.717, 1.165) is 31.4 Å². The number of amides is 1. The molecule has 2 aromatic heterocycles. The van der Waals surface area contributed by atoms with Crippen molar-refractivity contribution in [2.45, 2.75) is 55.7 Å². The molecule has 5 nitrogen and oxygen atoms in total. The topological polar surface area (TPSA) is 78.7 Å². The van der Waals surface area contributed by atoms with E-state index >= 15 is 0 Å². The van der Waals surface area contributed by atoms with Crippen LogP contribution in [0.5, 0.6) is 0 Å². The second kappa shape index (κ2) is 8.81. The first kappa shape index (κ1) is 18.4. The Morgan fingerprint density at radius 2 is 2.12 bits per heavy atom. The van der Waals surface area contributed by atoms with E-state index in [2.05, 4.69) is 16.4 Å². The molecule has 0 bridgehead atoms. The Kier molecular flexibility index (Phi) is 6.24. The lowest BCUT2D eigenvalue weighted by Crippen LogP contribution is -2.22. The van der Waals surface area contributed by atoms with E-state index in [4.69, 9.17) is 4.98 Å². The van der Waals surface area contributed by atoms with Gasteiger partial charge in [-0.25, -0.2) is 4.98 Å². The Balaban J connectivity index is 1.76. The lowest BCUT2D eigenvalue weighted by atomic mass is 9.96. The summed E-state index contributed by atoms with van der Waals surface area (Å²) in [5.41, 5.74) is 3.51. The number of nitrogens with one attached hydrogen (secondary N) is 1. The number of carbonyl (C=O) groups is 1. The molecule has 1 atom stereocenters. The van der Waals surface area contributed by atoms with Crippen LogP contribution >= 0.6 is 11.8 Å². The average molecular weight is 366 g/mol. The van der Waals surface area contributed by atoms with Crippen molar-refractivity contribution in [3.8, 4) is 6.07 Å². The van der Waals surface area contributed by atoms with E-state index in [1.807, 2.05) is 13.0 Å². The minimum Gasteiger partial charge on any atom is -0.324 e. The Bertz CT molecular complexity index is 817. The lowest BCUT2D eigenvalue weighted by Gasteiger charge is -2.17. The molecule has 6 heteroatoms. The zero-order valence-electron chi connectivity index (χ0n) is 14.9. The summed E-state index contributed by atoms with van der Waals surface area (Å²) in [4.78, 5) is 21.2. The monoisotopic (exact) mass is 366 g/mol. The van der Waals surface area contributed by atoms with Crippen molar-refractivity contribution in [2.75, 3.05) is 5.32 Å². The van der Waals surface area contributed by atoms with Crippen LogP contribution < -0.4 is 5.32 Å². The number of carbonyl (C=O) groups excluding carboxylic acids is 1. The normalized spacial score (nSPS) is 15.1. The van der Waals surface area contributed by atoms with Gasteiger partial charge >= 0.3 is 0 Å². The Morgan fingerprint density at radius 1 is 1.31 bits per heavy atom. The number of hydrogen-bond acceptors (Lipinski definition) is 5. The first-order chi connectivity index (χ1) is 12.7. The van der Waals surface area contributed by atoms with Crippen LogP contribution in [0.4, 0.5) is 5.69 Å². The van der Waals surface area contributed by atoms with Gasteiger partial charge in [0.1, 0.15) is 11.1 Å². The molecular weight excluding hydrogens is 344 g/mol. The third-order valence-electron chi connectivity index (χ3n) is 4.47. The molecule has 0 radical (unpaired) electrons. The zero-order chi connectivity index (χ0) is 18.4. The standard InChI is InChI=1S/C20H22N4OS/c1-14(19(25)23-17-8-6-10-22-13-17)26-20-16(12-21)11-15-7-4-2-3-5-9-18(15)24-20/h6,8,10-11,13-14H,2-5,7,9H2,1H3,(H,23,25). The molecule has 1 aliphatic rings. The van der Waals surface area contributed by atoms with Crippen molar-refractivity contribution < 1.29 is 4.79 Å². The molecular formula is C20H22N4OS. The summed E-state index contributed by atoms with van der Waals surface area (Å²) in [7, 11) is 0. The van der Waals surface area contributed by atoms with Crippen LogP contribution in [0.3, 0.4) is 0 Å². The Morgan fingerprint density at radius 3 is 2.85 bits per heavy atom. The fourth-order valence-corrected chi connectivity index (χ4v) is 3.94. The van der Waals surface area contributed by atoms with Crippen LogP contribution in [0.25, 0.3) is 0 Å². The van der Waals surface area contributed by atoms with Crippen molar-refractivity contribution in [3.05, 3.63) is 47.4 Å². The van der Waals surface area contributed by atoms with E-state index in [1.54, 1.807) is 24.5 Å². The third kappa shape index (κ3) is 4.61. The molecule has 0 aromatic carbocycles. The lowest BCUT2D eigenvalue weighted by molar-refractivity contribution is -0.115. The number of aromatic nitrogens is 2. The summed E-state index contributed by atoms with van der Waals surface area (Å²) in [6, 6.07) is 7.80. The molecule has 0 aliphatic heterocycles. The highest BCUT2D eigenvalue weighted by Crippen LogP contribution is 2.29. The maximum Gasteiger partial charge on any atom is 0.237 e. The number of rotatable bonds is 4. The number of aryl methyl sites for hydroxylation is 2. The summed E-state index contributed by atoms with van der Waals surface area (Å²) in [6.07, 6.45) is 9.96. The minimum atomic E-state index is -0.360. The van der Waals surface area contributed by atoms with Gasteiger partial charge in [0.25, 0.3) is 0 Å². The smallest absolute Gasteiger partial charge is 0.237 e. The summed E-state index contributed by atoms with van der Waals surface area (Å²) in [5.74, 6) is -0.125. The second-order valence-electron chi connectivity index (χ2n) is 6.46. The van der Waals surface area contributed by atoms with Crippen LogP contribution in [-0.2, 0) is 17.6 Å². The molecule has 2 heterocycles. The maximum atomic E-state index is 12.4. The third-order valence-corrected chi connectivity index (χ3v) is 5.58. The molecule has 1 unspecified atom stereocenters. The maximum absolute atomic E-state index is 12.4. The highest BCUT2D eigenvalue weighted by atomic mass is 32.2. The van der Waals surface area contributed by atoms with Crippen molar-refractivity contribution >= 4 is 23.4 Å². The van der Waals surface area contributed by atoms with Gasteiger partial charge in [0.05, 0.1) is 22.7 Å². The van der Waals surface area contributed by atoms with E-state index in [-0.39, 0.29) is 11.2 Å². The number of nitriles is 1. The summed E-state index contributed by atoms with van der Waals surface area (Å²) >= 11 is 1.34. The van der Waals surface area contributed by atoms with Gasteiger partial charge in [0.2, 0.25) is 5.91 Å². The fraction of sp³-hybridized carbons (Fsp3) is 0.400. The molecule has 1 N–H and O–H groups in total. The van der Waals surface area contributed by atoms with Crippen LogP contribution in [0.1, 0.15) is 49.4 Å². The van der Waals surface area contributed by atoms with E-state index in [9.17, 15) is 10.1 Å². The highest BCUT2D eigenvalue weighted by Gasteiger charge is 2.20. The van der Waals surface area contributed by atoms with Crippen LogP contribution in [0.2, 0.25) is 0 Å². The van der Waals surface area contributed by atoms with Gasteiger partial charge in [-0.15, -0.1) is 0 Å². The molecule has 0 saturated heterocycles. The van der Waals surface area contributed by atoms with Gasteiger partial charge in [-0.2, -0.15) is 5.26 Å². The first-order valence-electron chi connectivity index (χ1n) is 8.98. The molecule has 26 heavy (non-hydrogen) atoms. The molecule has 0 saturated carbocycles. The summed E-state index contributed by atoms with van der Waals surface area (Å²) in [5, 5.41) is 12.7. The van der Waals surface area contributed by atoms with Crippen LogP contribution in [0.15, 0.2) is 35.6 Å². The van der Waals surface area contributed by atoms with Gasteiger partial charge in [0.15, 0.2) is 0 Å². The predicted molar refractivity (Wildman–Crippen MR) is 103 cm³/mol. The van der Waals surface area contributed by atoms with E-state index < -0.39 is 0 Å². The summed E-state index contributed by atoms with van der Waals surface area (Å²) in [6.45, 7) is 1.83. The molecule has 2 aromatic rings. The molecule has 1 aliphatic carbocycles. The Hall–Kier alpha value is -2.39. The van der Waals surface area contributed by atoms with Gasteiger partial charge in [-0.3, -0.25) is 9.78 Å². The molecule has 134 valence electrons. The number of fused-ring (bicyclic) bond motifs is 1. The predicted octanol–water partition coefficient (Wildman–Crippen LogP) is 4.13. The number of hydrogen-bond donors (Lipinski definition) is 1. The largest absolute Gasteiger partial charge is 0.324 e. The summed E-state index contributed by atoms with van der Waals surface area (Å²) < 4.78 is 0. The van der Waals surface area contributed by atoms with Gasteiger partial charge in [-0.05, 0) is 56.4 Å². The first-order valence-corrected chi connectivity index (χ1v) is 9.86. The van der Waals surface area contributed by atoms with Crippen molar-refractivity contribution in [2.24, 2.45) is 0 Å². The number of anilines is 1. The molecule has 0 fully saturated rings. The number of nitrogens with zero attached hydrogens (tertiary/aromatic N) is 3. The van der Waals surface area contributed by atoms with Crippen LogP contribution in [-0.4, -0.2) is 21.1 Å². The van der Waals surface area contributed by atoms with E-state index in [1.165, 1.54) is 30.2 Å². The Labute approximate surface area is 158 Å². The molecule has 0 spiro atoms. The highest BCUT2D eigenvalue weighted by molar-refractivity contribution is 8.00. The van der Waals surface area contributed by atoms with Gasteiger partial charge in [-0.1, -0.05) is 24.6 Å². The van der Waals surface area contributed by atoms with Crippen molar-refractivity contribution in [3.63, 3.8) is 0 Å². The zero-order valence-corrected chi connectivity index (χ0v) is 15.7. The second-order valence-corrected chi connectivity index (χ2v) is 7.79.